The molecule has 0 atom stereocenters. The van der Waals surface area contributed by atoms with Crippen molar-refractivity contribution in [2.45, 2.75) is 11.4 Å². The number of likely N-dealkylation sites (N-methyl/N-ethyl adjacent to an activating group) is 1. The van der Waals surface area contributed by atoms with E-state index >= 15 is 0 Å². The fourth-order valence-electron chi connectivity index (χ4n) is 1.71. The van der Waals surface area contributed by atoms with E-state index in [2.05, 4.69) is 15.2 Å². The quantitative estimate of drug-likeness (QED) is 0.671. The highest BCUT2D eigenvalue weighted by molar-refractivity contribution is 7.89. The Labute approximate surface area is 112 Å². The first kappa shape index (κ1) is 14.4. The number of nitrogens with zero attached hydrogens (tertiary/aromatic N) is 3. The van der Waals surface area contributed by atoms with Gasteiger partial charge in [-0.1, -0.05) is 0 Å². The summed E-state index contributed by atoms with van der Waals surface area (Å²) in [5.74, 6) is 0. The minimum Gasteiger partial charge on any atom is -0.379 e. The second-order valence-corrected chi connectivity index (χ2v) is 5.90. The highest BCUT2D eigenvalue weighted by Gasteiger charge is 2.21. The number of rotatable bonds is 6. The first-order valence-electron chi connectivity index (χ1n) is 6.14. The average molecular weight is 289 g/mol. The van der Waals surface area contributed by atoms with Gasteiger partial charge in [-0.3, -0.25) is 4.68 Å². The monoisotopic (exact) mass is 289 g/mol. The van der Waals surface area contributed by atoms with Crippen LogP contribution in [0.5, 0.6) is 0 Å². The van der Waals surface area contributed by atoms with Crippen molar-refractivity contribution < 1.29 is 13.2 Å². The number of hydrazine groups is 1. The fourth-order valence-corrected chi connectivity index (χ4v) is 2.78. The van der Waals surface area contributed by atoms with E-state index < -0.39 is 10.0 Å². The van der Waals surface area contributed by atoms with Gasteiger partial charge >= 0.3 is 0 Å². The Morgan fingerprint density at radius 3 is 2.84 bits per heavy atom. The lowest BCUT2D eigenvalue weighted by atomic mass is 10.5. The van der Waals surface area contributed by atoms with E-state index in [0.717, 1.165) is 6.54 Å². The van der Waals surface area contributed by atoms with Crippen LogP contribution in [0.25, 0.3) is 0 Å². The summed E-state index contributed by atoms with van der Waals surface area (Å²) in [7, 11) is -1.71. The average Bonchev–Trinajstić information content (AvgIpc) is 2.86. The molecule has 2 heterocycles. The van der Waals surface area contributed by atoms with E-state index in [9.17, 15) is 8.42 Å². The van der Waals surface area contributed by atoms with Gasteiger partial charge in [0.2, 0.25) is 0 Å². The van der Waals surface area contributed by atoms with Crippen LogP contribution >= 0.6 is 0 Å². The van der Waals surface area contributed by atoms with Crippen molar-refractivity contribution in [2.75, 3.05) is 39.9 Å². The number of hydrogen-bond acceptors (Lipinski definition) is 6. The van der Waals surface area contributed by atoms with Crippen molar-refractivity contribution in [3.63, 3.8) is 0 Å². The van der Waals surface area contributed by atoms with Gasteiger partial charge in [-0.15, -0.1) is 4.83 Å². The van der Waals surface area contributed by atoms with Gasteiger partial charge in [-0.05, 0) is 7.05 Å². The number of nitrogens with one attached hydrogen (secondary N) is 2. The third-order valence-electron chi connectivity index (χ3n) is 2.77. The molecule has 1 saturated heterocycles. The summed E-state index contributed by atoms with van der Waals surface area (Å²) >= 11 is 0. The molecule has 0 aliphatic carbocycles. The first-order valence-corrected chi connectivity index (χ1v) is 7.62. The molecule has 2 N–H and O–H groups in total. The van der Waals surface area contributed by atoms with Crippen molar-refractivity contribution in [2.24, 2.45) is 0 Å². The van der Waals surface area contributed by atoms with Gasteiger partial charge in [0.1, 0.15) is 4.90 Å². The molecule has 1 aliphatic heterocycles. The lowest BCUT2D eigenvalue weighted by molar-refractivity contribution is 0.0272. The third-order valence-corrected chi connectivity index (χ3v) is 4.10. The lowest BCUT2D eigenvalue weighted by Crippen LogP contribution is -2.48. The topological polar surface area (TPSA) is 88.5 Å². The third kappa shape index (κ3) is 3.98. The molecule has 108 valence electrons. The Balaban J connectivity index is 1.99. The fraction of sp³-hybridized carbons (Fsp3) is 0.700. The van der Waals surface area contributed by atoms with Gasteiger partial charge in [0.25, 0.3) is 10.0 Å². The van der Waals surface area contributed by atoms with Crippen molar-refractivity contribution >= 4 is 10.0 Å². The molecule has 0 saturated carbocycles. The zero-order valence-corrected chi connectivity index (χ0v) is 11.7. The molecule has 1 aromatic heterocycles. The molecule has 0 spiro atoms. The molecule has 1 fully saturated rings. The van der Waals surface area contributed by atoms with Crippen LogP contribution in [0.3, 0.4) is 0 Å². The van der Waals surface area contributed by atoms with Gasteiger partial charge in [0.05, 0.1) is 26.0 Å². The summed E-state index contributed by atoms with van der Waals surface area (Å²) in [6, 6.07) is 0. The Morgan fingerprint density at radius 1 is 1.42 bits per heavy atom. The maximum Gasteiger partial charge on any atom is 0.256 e. The van der Waals surface area contributed by atoms with Crippen molar-refractivity contribution in [3.05, 3.63) is 12.4 Å². The van der Waals surface area contributed by atoms with E-state index in [4.69, 9.17) is 4.74 Å². The van der Waals surface area contributed by atoms with Crippen molar-refractivity contribution in [1.82, 2.24) is 24.9 Å². The summed E-state index contributed by atoms with van der Waals surface area (Å²) in [5.41, 5.74) is 0. The summed E-state index contributed by atoms with van der Waals surface area (Å²) in [6.45, 7) is 3.52. The number of sulfonamides is 1. The largest absolute Gasteiger partial charge is 0.379 e. The SMILES string of the molecule is CNCCn1cc(S(=O)(=O)NN2CCOCC2)cn1. The van der Waals surface area contributed by atoms with Crippen LogP contribution in [0.1, 0.15) is 0 Å². The van der Waals surface area contributed by atoms with Crippen LogP contribution in [-0.2, 0) is 21.3 Å². The lowest BCUT2D eigenvalue weighted by Gasteiger charge is -2.26. The van der Waals surface area contributed by atoms with E-state index in [1.807, 2.05) is 7.05 Å². The van der Waals surface area contributed by atoms with E-state index in [-0.39, 0.29) is 4.90 Å². The zero-order valence-electron chi connectivity index (χ0n) is 10.9. The highest BCUT2D eigenvalue weighted by Crippen LogP contribution is 2.08. The number of morpholine rings is 1. The predicted octanol–water partition coefficient (Wildman–Crippen LogP) is -1.37. The van der Waals surface area contributed by atoms with Crippen LogP contribution in [0, 0.1) is 0 Å². The van der Waals surface area contributed by atoms with Crippen LogP contribution in [0.15, 0.2) is 17.3 Å². The van der Waals surface area contributed by atoms with Crippen LogP contribution in [0.4, 0.5) is 0 Å². The minimum atomic E-state index is -3.55. The molecule has 19 heavy (non-hydrogen) atoms. The van der Waals surface area contributed by atoms with Gasteiger partial charge < -0.3 is 10.1 Å². The van der Waals surface area contributed by atoms with E-state index in [1.54, 1.807) is 9.69 Å². The molecule has 1 aromatic rings. The van der Waals surface area contributed by atoms with Crippen molar-refractivity contribution in [3.8, 4) is 0 Å². The minimum absolute atomic E-state index is 0.176. The standard InChI is InChI=1S/C10H19N5O3S/c1-11-2-3-15-9-10(8-12-15)19(16,17)13-14-4-6-18-7-5-14/h8-9,11,13H,2-7H2,1H3. The van der Waals surface area contributed by atoms with E-state index in [0.29, 0.717) is 32.8 Å². The molecule has 2 rings (SSSR count). The molecule has 1 aliphatic rings. The first-order chi connectivity index (χ1) is 9.12. The number of ether oxygens (including phenoxy) is 1. The van der Waals surface area contributed by atoms with Gasteiger partial charge in [-0.25, -0.2) is 13.4 Å². The number of aromatic nitrogens is 2. The van der Waals surface area contributed by atoms with Crippen LogP contribution in [-0.4, -0.2) is 63.1 Å². The van der Waals surface area contributed by atoms with E-state index in [1.165, 1.54) is 12.4 Å². The Morgan fingerprint density at radius 2 is 2.16 bits per heavy atom. The summed E-state index contributed by atoms with van der Waals surface area (Å²) < 4.78 is 31.0. The Kier molecular flexibility index (Phi) is 4.88. The Bertz CT molecular complexity index is 495. The Hall–Kier alpha value is -1.00. The summed E-state index contributed by atoms with van der Waals surface area (Å²) in [4.78, 5) is 2.71. The molecule has 9 heteroatoms. The molecule has 0 amide bonds. The molecule has 8 nitrogen and oxygen atoms in total. The molecular weight excluding hydrogens is 270 g/mol. The number of hydrogen-bond donors (Lipinski definition) is 2. The predicted molar refractivity (Wildman–Crippen MR) is 68.9 cm³/mol. The molecular formula is C10H19N5O3S. The van der Waals surface area contributed by atoms with Crippen molar-refractivity contribution in [1.29, 1.82) is 0 Å². The molecule has 0 bridgehead atoms. The van der Waals surface area contributed by atoms with Crippen LogP contribution < -0.4 is 10.1 Å². The zero-order chi connectivity index (χ0) is 13.7. The maximum absolute atomic E-state index is 12.1. The second kappa shape index (κ2) is 6.44. The van der Waals surface area contributed by atoms with Gasteiger partial charge in [0.15, 0.2) is 0 Å². The van der Waals surface area contributed by atoms with Crippen LogP contribution in [0.2, 0.25) is 0 Å². The smallest absolute Gasteiger partial charge is 0.256 e. The molecule has 0 radical (unpaired) electrons. The van der Waals surface area contributed by atoms with Gasteiger partial charge in [0, 0.05) is 25.8 Å². The molecule has 0 unspecified atom stereocenters. The summed E-state index contributed by atoms with van der Waals surface area (Å²) in [6.07, 6.45) is 2.89. The highest BCUT2D eigenvalue weighted by atomic mass is 32.2. The maximum atomic E-state index is 12.1. The second-order valence-electron chi connectivity index (χ2n) is 4.24. The van der Waals surface area contributed by atoms with Gasteiger partial charge in [-0.2, -0.15) is 5.10 Å². The summed E-state index contributed by atoms with van der Waals surface area (Å²) in [5, 5.41) is 8.65. The molecule has 0 aromatic carbocycles. The normalized spacial score (nSPS) is 17.7.